The summed E-state index contributed by atoms with van der Waals surface area (Å²) < 4.78 is 27.7. The molecule has 0 spiro atoms. The van der Waals surface area contributed by atoms with Gasteiger partial charge in [0.05, 0.1) is 10.9 Å². The first-order chi connectivity index (χ1) is 11.1. The molecule has 0 bridgehead atoms. The van der Waals surface area contributed by atoms with Crippen LogP contribution < -0.4 is 0 Å². The molecule has 2 aromatic carbocycles. The number of nitrogens with zero attached hydrogens (tertiary/aromatic N) is 1. The van der Waals surface area contributed by atoms with Crippen molar-refractivity contribution in [2.24, 2.45) is 0 Å². The zero-order valence-corrected chi connectivity index (χ0v) is 14.1. The summed E-state index contributed by atoms with van der Waals surface area (Å²) >= 11 is 0. The molecule has 0 unspecified atom stereocenters. The molecule has 1 atom stereocenters. The van der Waals surface area contributed by atoms with Gasteiger partial charge in [-0.3, -0.25) is 0 Å². The minimum atomic E-state index is -3.45. The lowest BCUT2D eigenvalue weighted by Gasteiger charge is -2.25. The van der Waals surface area contributed by atoms with Crippen LogP contribution in [0.2, 0.25) is 0 Å². The van der Waals surface area contributed by atoms with Gasteiger partial charge >= 0.3 is 0 Å². The molecule has 0 fully saturated rings. The summed E-state index contributed by atoms with van der Waals surface area (Å²) in [5.74, 6) is 0. The van der Waals surface area contributed by atoms with Crippen molar-refractivity contribution >= 4 is 10.0 Å². The summed E-state index contributed by atoms with van der Waals surface area (Å²) in [7, 11) is -1.74. The van der Waals surface area contributed by atoms with E-state index >= 15 is 0 Å². The summed E-state index contributed by atoms with van der Waals surface area (Å²) in [6.45, 7) is 0. The van der Waals surface area contributed by atoms with E-state index in [0.717, 1.165) is 37.7 Å². The molecule has 0 aliphatic heterocycles. The predicted octanol–water partition coefficient (Wildman–Crippen LogP) is 3.48. The number of benzene rings is 2. The highest BCUT2D eigenvalue weighted by molar-refractivity contribution is 7.89. The van der Waals surface area contributed by atoms with E-state index in [1.165, 1.54) is 16.7 Å². The van der Waals surface area contributed by atoms with E-state index in [9.17, 15) is 8.42 Å². The van der Waals surface area contributed by atoms with Gasteiger partial charge < -0.3 is 0 Å². The molecule has 3 nitrogen and oxygen atoms in total. The second kappa shape index (κ2) is 5.46. The smallest absolute Gasteiger partial charge is 0.207 e. The summed E-state index contributed by atoms with van der Waals surface area (Å²) in [5, 5.41) is 0. The fourth-order valence-corrected chi connectivity index (χ4v) is 5.37. The third kappa shape index (κ3) is 2.41. The highest BCUT2D eigenvalue weighted by atomic mass is 32.2. The van der Waals surface area contributed by atoms with E-state index in [-0.39, 0.29) is 6.04 Å². The van der Waals surface area contributed by atoms with Crippen molar-refractivity contribution < 1.29 is 8.42 Å². The van der Waals surface area contributed by atoms with Crippen LogP contribution in [-0.2, 0) is 29.3 Å². The quantitative estimate of drug-likeness (QED) is 0.865. The fraction of sp³-hybridized carbons (Fsp3) is 0.368. The number of rotatable bonds is 3. The third-order valence-electron chi connectivity index (χ3n) is 5.29. The van der Waals surface area contributed by atoms with Gasteiger partial charge in [0, 0.05) is 7.05 Å². The van der Waals surface area contributed by atoms with Crippen LogP contribution in [0.1, 0.15) is 41.1 Å². The molecule has 0 saturated heterocycles. The van der Waals surface area contributed by atoms with Gasteiger partial charge in [0.15, 0.2) is 0 Å². The molecule has 2 aliphatic carbocycles. The minimum Gasteiger partial charge on any atom is -0.207 e. The number of fused-ring (bicyclic) bond motifs is 2. The highest BCUT2D eigenvalue weighted by Crippen LogP contribution is 2.38. The van der Waals surface area contributed by atoms with Crippen molar-refractivity contribution in [3.05, 3.63) is 64.7 Å². The molecule has 23 heavy (non-hydrogen) atoms. The molecular formula is C19H21NO2S. The number of hydrogen-bond acceptors (Lipinski definition) is 2. The Balaban J connectivity index is 1.69. The van der Waals surface area contributed by atoms with Crippen molar-refractivity contribution in [2.75, 3.05) is 7.05 Å². The molecule has 0 saturated carbocycles. The first-order valence-corrected chi connectivity index (χ1v) is 9.69. The highest BCUT2D eigenvalue weighted by Gasteiger charge is 2.33. The Morgan fingerprint density at radius 1 is 0.957 bits per heavy atom. The molecule has 0 N–H and O–H groups in total. The van der Waals surface area contributed by atoms with Gasteiger partial charge in [-0.1, -0.05) is 30.3 Å². The zero-order valence-electron chi connectivity index (χ0n) is 13.3. The van der Waals surface area contributed by atoms with Crippen molar-refractivity contribution in [3.63, 3.8) is 0 Å². The van der Waals surface area contributed by atoms with Crippen molar-refractivity contribution in [1.29, 1.82) is 0 Å². The van der Waals surface area contributed by atoms with Crippen LogP contribution in [0.4, 0.5) is 0 Å². The topological polar surface area (TPSA) is 37.4 Å². The van der Waals surface area contributed by atoms with Gasteiger partial charge in [0.1, 0.15) is 0 Å². The van der Waals surface area contributed by atoms with Crippen LogP contribution in [0, 0.1) is 0 Å². The predicted molar refractivity (Wildman–Crippen MR) is 90.9 cm³/mol. The molecule has 4 rings (SSSR count). The Hall–Kier alpha value is -1.65. The molecule has 0 radical (unpaired) electrons. The first-order valence-electron chi connectivity index (χ1n) is 8.25. The van der Waals surface area contributed by atoms with E-state index in [4.69, 9.17) is 0 Å². The Morgan fingerprint density at radius 3 is 2.61 bits per heavy atom. The van der Waals surface area contributed by atoms with Crippen molar-refractivity contribution in [2.45, 2.75) is 43.0 Å². The van der Waals surface area contributed by atoms with Crippen LogP contribution in [-0.4, -0.2) is 19.8 Å². The van der Waals surface area contributed by atoms with Gasteiger partial charge in [-0.05, 0) is 66.5 Å². The second-order valence-corrected chi connectivity index (χ2v) is 8.56. The molecule has 120 valence electrons. The third-order valence-corrected chi connectivity index (χ3v) is 7.15. The molecule has 2 aliphatic rings. The average Bonchev–Trinajstić information content (AvgIpc) is 3.20. The summed E-state index contributed by atoms with van der Waals surface area (Å²) in [4.78, 5) is 0.435. The second-order valence-electron chi connectivity index (χ2n) is 6.56. The maximum atomic E-state index is 13.1. The van der Waals surface area contributed by atoms with E-state index in [1.54, 1.807) is 17.4 Å². The summed E-state index contributed by atoms with van der Waals surface area (Å²) in [5.41, 5.74) is 4.93. The lowest BCUT2D eigenvalue weighted by molar-refractivity contribution is 0.374. The molecule has 4 heteroatoms. The van der Waals surface area contributed by atoms with Gasteiger partial charge in [0.25, 0.3) is 0 Å². The molecule has 2 aromatic rings. The van der Waals surface area contributed by atoms with Crippen LogP contribution in [0.25, 0.3) is 0 Å². The van der Waals surface area contributed by atoms with Crippen LogP contribution >= 0.6 is 0 Å². The normalized spacial score (nSPS) is 19.8. The van der Waals surface area contributed by atoms with Gasteiger partial charge in [-0.15, -0.1) is 0 Å². The maximum absolute atomic E-state index is 13.1. The van der Waals surface area contributed by atoms with Crippen molar-refractivity contribution in [3.8, 4) is 0 Å². The summed E-state index contributed by atoms with van der Waals surface area (Å²) in [6, 6.07) is 13.8. The Morgan fingerprint density at radius 2 is 1.74 bits per heavy atom. The zero-order chi connectivity index (χ0) is 16.0. The monoisotopic (exact) mass is 327 g/mol. The lowest BCUT2D eigenvalue weighted by atomic mass is 10.1. The molecular weight excluding hydrogens is 306 g/mol. The van der Waals surface area contributed by atoms with Crippen LogP contribution in [0.5, 0.6) is 0 Å². The van der Waals surface area contributed by atoms with Gasteiger partial charge in [-0.2, -0.15) is 4.31 Å². The minimum absolute atomic E-state index is 0.0514. The summed E-state index contributed by atoms with van der Waals surface area (Å²) in [6.07, 6.45) is 5.01. The molecule has 0 amide bonds. The van der Waals surface area contributed by atoms with E-state index in [0.29, 0.717) is 4.90 Å². The Kier molecular flexibility index (Phi) is 3.54. The van der Waals surface area contributed by atoms with E-state index < -0.39 is 10.0 Å². The average molecular weight is 327 g/mol. The molecule has 0 aromatic heterocycles. The SMILES string of the molecule is CN([C@H]1CCc2ccccc21)S(=O)(=O)c1ccc2c(c1)CCC2. The van der Waals surface area contributed by atoms with Crippen LogP contribution in [0.3, 0.4) is 0 Å². The maximum Gasteiger partial charge on any atom is 0.243 e. The van der Waals surface area contributed by atoms with Gasteiger partial charge in [0.2, 0.25) is 10.0 Å². The van der Waals surface area contributed by atoms with Crippen molar-refractivity contribution in [1.82, 2.24) is 4.31 Å². The van der Waals surface area contributed by atoms with Crippen LogP contribution in [0.15, 0.2) is 47.4 Å². The Bertz CT molecular complexity index is 857. The van der Waals surface area contributed by atoms with E-state index in [1.807, 2.05) is 24.3 Å². The van der Waals surface area contributed by atoms with E-state index in [2.05, 4.69) is 12.1 Å². The lowest BCUT2D eigenvalue weighted by Crippen LogP contribution is -2.30. The largest absolute Gasteiger partial charge is 0.243 e. The van der Waals surface area contributed by atoms with Gasteiger partial charge in [-0.25, -0.2) is 8.42 Å². The first kappa shape index (κ1) is 14.9. The standard InChI is InChI=1S/C19H21NO2S/c1-20(19-12-10-15-5-2-3-8-18(15)19)23(21,22)17-11-9-14-6-4-7-16(14)13-17/h2-3,5,8-9,11,13,19H,4,6-7,10,12H2,1H3/t19-/m0/s1. The Labute approximate surface area is 138 Å². The number of sulfonamides is 1. The molecule has 0 heterocycles. The number of aryl methyl sites for hydroxylation is 3. The number of hydrogen-bond donors (Lipinski definition) is 0. The fourth-order valence-electron chi connectivity index (χ4n) is 3.95.